The van der Waals surface area contributed by atoms with Crippen LogP contribution in [0.2, 0.25) is 0 Å². The third-order valence-electron chi connectivity index (χ3n) is 5.50. The Hall–Kier alpha value is -4.21. The maximum absolute atomic E-state index is 12.9. The molecule has 35 heavy (non-hydrogen) atoms. The summed E-state index contributed by atoms with van der Waals surface area (Å²) < 4.78 is 5.47. The highest BCUT2D eigenvalue weighted by molar-refractivity contribution is 6.04. The van der Waals surface area contributed by atoms with Crippen molar-refractivity contribution < 1.29 is 24.0 Å². The van der Waals surface area contributed by atoms with E-state index < -0.39 is 22.8 Å². The minimum Gasteiger partial charge on any atom is -0.462 e. The minimum absolute atomic E-state index is 0.149. The topological polar surface area (TPSA) is 131 Å². The number of hydrogen-bond donors (Lipinski definition) is 2. The van der Waals surface area contributed by atoms with E-state index in [2.05, 4.69) is 10.6 Å². The van der Waals surface area contributed by atoms with Gasteiger partial charge in [0, 0.05) is 35.6 Å². The summed E-state index contributed by atoms with van der Waals surface area (Å²) in [5.41, 5.74) is 1.93. The monoisotopic (exact) mass is 480 g/mol. The average Bonchev–Trinajstić information content (AvgIpc) is 2.83. The third-order valence-corrected chi connectivity index (χ3v) is 5.50. The van der Waals surface area contributed by atoms with Crippen LogP contribution < -0.4 is 10.6 Å². The van der Waals surface area contributed by atoms with Crippen molar-refractivity contribution in [3.63, 3.8) is 0 Å². The van der Waals surface area contributed by atoms with Gasteiger partial charge >= 0.3 is 12.0 Å². The molecule has 1 aliphatic rings. The Morgan fingerprint density at radius 1 is 1.20 bits per heavy atom. The summed E-state index contributed by atoms with van der Waals surface area (Å²) in [5.74, 6) is -0.838. The van der Waals surface area contributed by atoms with E-state index in [1.165, 1.54) is 29.2 Å². The van der Waals surface area contributed by atoms with Crippen molar-refractivity contribution in [1.82, 2.24) is 10.2 Å². The van der Waals surface area contributed by atoms with Crippen molar-refractivity contribution >= 4 is 29.3 Å². The fraction of sp³-hybridized carbons (Fsp3) is 0.320. The van der Waals surface area contributed by atoms with Gasteiger partial charge in [-0.2, -0.15) is 0 Å². The number of nitro groups is 1. The van der Waals surface area contributed by atoms with Gasteiger partial charge < -0.3 is 15.4 Å². The first-order valence-corrected chi connectivity index (χ1v) is 11.2. The van der Waals surface area contributed by atoms with Crippen LogP contribution in [0.4, 0.5) is 16.2 Å². The molecular weight excluding hydrogens is 452 g/mol. The van der Waals surface area contributed by atoms with E-state index in [1.54, 1.807) is 31.2 Å². The molecule has 2 N–H and O–H groups in total. The first kappa shape index (κ1) is 25.4. The summed E-state index contributed by atoms with van der Waals surface area (Å²) in [6, 6.07) is 11.0. The Morgan fingerprint density at radius 3 is 2.49 bits per heavy atom. The first-order valence-electron chi connectivity index (χ1n) is 11.2. The highest BCUT2D eigenvalue weighted by atomic mass is 16.6. The zero-order chi connectivity index (χ0) is 25.7. The number of benzene rings is 2. The summed E-state index contributed by atoms with van der Waals surface area (Å²) in [7, 11) is 0. The third kappa shape index (κ3) is 5.84. The number of anilines is 1. The van der Waals surface area contributed by atoms with Gasteiger partial charge in [0.05, 0.1) is 23.1 Å². The summed E-state index contributed by atoms with van der Waals surface area (Å²) in [6.07, 6.45) is 0. The number of urea groups is 1. The van der Waals surface area contributed by atoms with Crippen molar-refractivity contribution in [2.45, 2.75) is 33.7 Å². The molecule has 184 valence electrons. The summed E-state index contributed by atoms with van der Waals surface area (Å²) in [4.78, 5) is 50.0. The molecule has 1 aliphatic heterocycles. The van der Waals surface area contributed by atoms with Gasteiger partial charge in [-0.25, -0.2) is 9.59 Å². The molecule has 0 radical (unpaired) electrons. The first-order chi connectivity index (χ1) is 16.6. The number of nitrogens with one attached hydrogen (secondary N) is 2. The largest absolute Gasteiger partial charge is 0.462 e. The molecule has 0 spiro atoms. The standard InChI is InChI=1S/C25H28N4O6/c1-5-28-16(4)21(24(31)35-14-15(2)3)22(27-25(28)32)17-9-11-19(12-10-17)26-23(30)18-7-6-8-20(13-18)29(33)34/h6-13,15,22H,5,14H2,1-4H3,(H,26,30)(H,27,32). The molecule has 1 heterocycles. The van der Waals surface area contributed by atoms with Crippen LogP contribution in [0.25, 0.3) is 0 Å². The predicted molar refractivity (Wildman–Crippen MR) is 130 cm³/mol. The van der Waals surface area contributed by atoms with Crippen molar-refractivity contribution in [2.24, 2.45) is 5.92 Å². The summed E-state index contributed by atoms with van der Waals surface area (Å²) in [6.45, 7) is 8.06. The van der Waals surface area contributed by atoms with Crippen LogP contribution >= 0.6 is 0 Å². The van der Waals surface area contributed by atoms with Crippen LogP contribution in [0.1, 0.15) is 49.7 Å². The summed E-state index contributed by atoms with van der Waals surface area (Å²) >= 11 is 0. The molecule has 0 saturated carbocycles. The number of amides is 3. The average molecular weight is 481 g/mol. The van der Waals surface area contributed by atoms with E-state index >= 15 is 0 Å². The van der Waals surface area contributed by atoms with Crippen LogP contribution in [-0.2, 0) is 9.53 Å². The van der Waals surface area contributed by atoms with E-state index in [9.17, 15) is 24.5 Å². The summed E-state index contributed by atoms with van der Waals surface area (Å²) in [5, 5.41) is 16.5. The smallest absolute Gasteiger partial charge is 0.338 e. The lowest BCUT2D eigenvalue weighted by atomic mass is 9.94. The highest BCUT2D eigenvalue weighted by Gasteiger charge is 2.36. The van der Waals surface area contributed by atoms with Crippen molar-refractivity contribution in [2.75, 3.05) is 18.5 Å². The number of hydrogen-bond acceptors (Lipinski definition) is 6. The van der Waals surface area contributed by atoms with Gasteiger partial charge in [0.2, 0.25) is 0 Å². The van der Waals surface area contributed by atoms with Crippen LogP contribution in [0, 0.1) is 16.0 Å². The minimum atomic E-state index is -0.716. The maximum atomic E-state index is 12.9. The van der Waals surface area contributed by atoms with E-state index in [1.807, 2.05) is 20.8 Å². The molecule has 2 aromatic carbocycles. The maximum Gasteiger partial charge on any atom is 0.338 e. The predicted octanol–water partition coefficient (Wildman–Crippen LogP) is 4.41. The van der Waals surface area contributed by atoms with E-state index in [0.29, 0.717) is 29.1 Å². The number of esters is 1. The number of carbonyl (C=O) groups is 3. The molecule has 2 aromatic rings. The Labute approximate surface area is 203 Å². The number of nitrogens with zero attached hydrogens (tertiary/aromatic N) is 2. The van der Waals surface area contributed by atoms with Crippen LogP contribution in [0.3, 0.4) is 0 Å². The molecule has 1 atom stereocenters. The number of allylic oxidation sites excluding steroid dienone is 1. The molecule has 3 rings (SSSR count). The Bertz CT molecular complexity index is 1170. The van der Waals surface area contributed by atoms with Crippen molar-refractivity contribution in [1.29, 1.82) is 0 Å². The van der Waals surface area contributed by atoms with Crippen LogP contribution in [-0.4, -0.2) is 40.9 Å². The lowest BCUT2D eigenvalue weighted by molar-refractivity contribution is -0.384. The SMILES string of the molecule is CCN1C(=O)NC(c2ccc(NC(=O)c3cccc([N+](=O)[O-])c3)cc2)C(C(=O)OCC(C)C)=C1C. The molecule has 10 heteroatoms. The van der Waals surface area contributed by atoms with E-state index in [0.717, 1.165) is 0 Å². The molecule has 10 nitrogen and oxygen atoms in total. The molecule has 0 aliphatic carbocycles. The normalized spacial score (nSPS) is 15.6. The molecule has 1 unspecified atom stereocenters. The number of non-ortho nitro benzene ring substituents is 1. The van der Waals surface area contributed by atoms with Gasteiger partial charge in [-0.3, -0.25) is 19.8 Å². The Morgan fingerprint density at radius 2 is 1.89 bits per heavy atom. The van der Waals surface area contributed by atoms with Crippen LogP contribution in [0.15, 0.2) is 59.8 Å². The zero-order valence-electron chi connectivity index (χ0n) is 20.0. The molecule has 0 bridgehead atoms. The number of nitro benzene ring substituents is 1. The van der Waals surface area contributed by atoms with Gasteiger partial charge in [0.1, 0.15) is 0 Å². The van der Waals surface area contributed by atoms with Gasteiger partial charge in [-0.15, -0.1) is 0 Å². The molecule has 3 amide bonds. The quantitative estimate of drug-likeness (QED) is 0.327. The molecule has 0 fully saturated rings. The fourth-order valence-corrected chi connectivity index (χ4v) is 3.72. The lowest BCUT2D eigenvalue weighted by Crippen LogP contribution is -2.47. The number of carbonyl (C=O) groups excluding carboxylic acids is 3. The van der Waals surface area contributed by atoms with E-state index in [4.69, 9.17) is 4.74 Å². The fourth-order valence-electron chi connectivity index (χ4n) is 3.72. The van der Waals surface area contributed by atoms with Gasteiger partial charge in [-0.05, 0) is 43.5 Å². The molecular formula is C25H28N4O6. The molecule has 0 aromatic heterocycles. The Balaban J connectivity index is 1.84. The van der Waals surface area contributed by atoms with E-state index in [-0.39, 0.29) is 29.8 Å². The second-order valence-electron chi connectivity index (χ2n) is 8.50. The zero-order valence-corrected chi connectivity index (χ0v) is 20.0. The lowest BCUT2D eigenvalue weighted by Gasteiger charge is -2.35. The van der Waals surface area contributed by atoms with Crippen molar-refractivity contribution in [3.8, 4) is 0 Å². The van der Waals surface area contributed by atoms with Gasteiger partial charge in [0.15, 0.2) is 0 Å². The Kier molecular flexibility index (Phi) is 7.85. The van der Waals surface area contributed by atoms with Crippen LogP contribution in [0.5, 0.6) is 0 Å². The van der Waals surface area contributed by atoms with Gasteiger partial charge in [0.25, 0.3) is 11.6 Å². The highest BCUT2D eigenvalue weighted by Crippen LogP contribution is 2.32. The number of ether oxygens (including phenoxy) is 1. The second-order valence-corrected chi connectivity index (χ2v) is 8.50. The van der Waals surface area contributed by atoms with Gasteiger partial charge in [-0.1, -0.05) is 32.0 Å². The molecule has 0 saturated heterocycles. The number of rotatable bonds is 8. The second kappa shape index (κ2) is 10.8. The van der Waals surface area contributed by atoms with Crippen molar-refractivity contribution in [3.05, 3.63) is 81.0 Å².